The molecule has 0 bridgehead atoms. The van der Waals surface area contributed by atoms with Gasteiger partial charge in [0, 0.05) is 30.5 Å². The molecule has 1 heterocycles. The molecule has 0 spiro atoms. The number of rotatable bonds is 1. The van der Waals surface area contributed by atoms with Crippen molar-refractivity contribution in [3.8, 4) is 0 Å². The van der Waals surface area contributed by atoms with Gasteiger partial charge in [0.25, 0.3) is 0 Å². The normalized spacial score (nSPS) is 38.1. The summed E-state index contributed by atoms with van der Waals surface area (Å²) in [6.45, 7) is 7.64. The highest BCUT2D eigenvalue weighted by atomic mass is 16.1. The van der Waals surface area contributed by atoms with Crippen LogP contribution in [0.2, 0.25) is 0 Å². The van der Waals surface area contributed by atoms with Crippen molar-refractivity contribution >= 4 is 5.78 Å². The Labute approximate surface area is 86.7 Å². The first-order valence-electron chi connectivity index (χ1n) is 5.84. The first kappa shape index (κ1) is 10.2. The van der Waals surface area contributed by atoms with Crippen LogP contribution in [0.3, 0.4) is 0 Å². The first-order valence-corrected chi connectivity index (χ1v) is 5.84. The van der Waals surface area contributed by atoms with Crippen LogP contribution in [0.4, 0.5) is 0 Å². The van der Waals surface area contributed by atoms with E-state index in [9.17, 15) is 4.79 Å². The molecule has 0 aromatic heterocycles. The summed E-state index contributed by atoms with van der Waals surface area (Å²) in [4.78, 5) is 14.1. The summed E-state index contributed by atoms with van der Waals surface area (Å²) in [6, 6.07) is 0.446. The number of likely N-dealkylation sites (tertiary alicyclic amines) is 1. The Bertz CT molecular complexity index is 245. The van der Waals surface area contributed by atoms with Crippen molar-refractivity contribution in [1.82, 2.24) is 4.90 Å². The minimum atomic E-state index is 0.237. The second-order valence-corrected chi connectivity index (χ2v) is 5.29. The highest BCUT2D eigenvalue weighted by Gasteiger charge is 2.44. The molecule has 0 aromatic rings. The van der Waals surface area contributed by atoms with Crippen LogP contribution in [-0.4, -0.2) is 28.8 Å². The van der Waals surface area contributed by atoms with Gasteiger partial charge in [0.1, 0.15) is 5.78 Å². The first-order chi connectivity index (χ1) is 6.54. The zero-order chi connectivity index (χ0) is 10.3. The lowest BCUT2D eigenvalue weighted by Crippen LogP contribution is -2.60. The number of hydrogen-bond acceptors (Lipinski definition) is 2. The summed E-state index contributed by atoms with van der Waals surface area (Å²) in [5, 5.41) is 0. The van der Waals surface area contributed by atoms with Crippen LogP contribution in [0.1, 0.15) is 46.5 Å². The monoisotopic (exact) mass is 195 g/mol. The Morgan fingerprint density at radius 3 is 2.50 bits per heavy atom. The van der Waals surface area contributed by atoms with Crippen LogP contribution in [0.25, 0.3) is 0 Å². The van der Waals surface area contributed by atoms with Gasteiger partial charge in [-0.2, -0.15) is 0 Å². The molecule has 1 aliphatic carbocycles. The third kappa shape index (κ3) is 1.40. The van der Waals surface area contributed by atoms with Gasteiger partial charge in [0.05, 0.1) is 0 Å². The van der Waals surface area contributed by atoms with Crippen molar-refractivity contribution in [1.29, 1.82) is 0 Å². The van der Waals surface area contributed by atoms with E-state index in [-0.39, 0.29) is 5.92 Å². The molecule has 80 valence electrons. The van der Waals surface area contributed by atoms with Crippen LogP contribution in [0.15, 0.2) is 0 Å². The molecule has 2 atom stereocenters. The van der Waals surface area contributed by atoms with E-state index in [0.717, 1.165) is 13.0 Å². The summed E-state index contributed by atoms with van der Waals surface area (Å²) in [5.41, 5.74) is 0.411. The van der Waals surface area contributed by atoms with Crippen molar-refractivity contribution in [2.75, 3.05) is 6.54 Å². The Kier molecular flexibility index (Phi) is 2.42. The summed E-state index contributed by atoms with van der Waals surface area (Å²) >= 11 is 0. The van der Waals surface area contributed by atoms with Crippen molar-refractivity contribution in [3.05, 3.63) is 0 Å². The fourth-order valence-electron chi connectivity index (χ4n) is 2.94. The number of piperidine rings is 1. The van der Waals surface area contributed by atoms with E-state index in [0.29, 0.717) is 17.4 Å². The largest absolute Gasteiger partial charge is 0.299 e. The van der Waals surface area contributed by atoms with Crippen molar-refractivity contribution in [2.45, 2.75) is 58.0 Å². The molecule has 0 radical (unpaired) electrons. The number of Topliss-reactive ketones (excluding diaryl/α,β-unsaturated/α-hetero) is 1. The van der Waals surface area contributed by atoms with Gasteiger partial charge < -0.3 is 0 Å². The van der Waals surface area contributed by atoms with Gasteiger partial charge in [0.15, 0.2) is 0 Å². The van der Waals surface area contributed by atoms with Gasteiger partial charge in [0.2, 0.25) is 0 Å². The molecule has 2 rings (SSSR count). The lowest BCUT2D eigenvalue weighted by atomic mass is 9.74. The molecule has 2 nitrogen and oxygen atoms in total. The fourth-order valence-corrected chi connectivity index (χ4v) is 2.94. The molecule has 1 saturated carbocycles. The van der Waals surface area contributed by atoms with Gasteiger partial charge in [-0.15, -0.1) is 0 Å². The average Bonchev–Trinajstić information content (AvgIpc) is 2.11. The van der Waals surface area contributed by atoms with E-state index >= 15 is 0 Å². The summed E-state index contributed by atoms with van der Waals surface area (Å²) in [5.74, 6) is 0.692. The van der Waals surface area contributed by atoms with Crippen molar-refractivity contribution in [2.24, 2.45) is 5.92 Å². The van der Waals surface area contributed by atoms with E-state index in [4.69, 9.17) is 0 Å². The van der Waals surface area contributed by atoms with Gasteiger partial charge in [-0.3, -0.25) is 9.69 Å². The third-order valence-corrected chi connectivity index (χ3v) is 4.45. The van der Waals surface area contributed by atoms with Crippen LogP contribution in [0, 0.1) is 5.92 Å². The number of ketones is 1. The molecule has 0 amide bonds. The Balaban J connectivity index is 2.09. The Hall–Kier alpha value is -0.370. The molecule has 0 aromatic carbocycles. The second kappa shape index (κ2) is 3.34. The Morgan fingerprint density at radius 2 is 2.00 bits per heavy atom. The maximum atomic E-state index is 11.6. The molecule has 2 heteroatoms. The van der Waals surface area contributed by atoms with Crippen LogP contribution >= 0.6 is 0 Å². The topological polar surface area (TPSA) is 20.3 Å². The lowest BCUT2D eigenvalue weighted by Gasteiger charge is -2.53. The van der Waals surface area contributed by atoms with Crippen LogP contribution in [-0.2, 0) is 4.79 Å². The zero-order valence-corrected chi connectivity index (χ0v) is 9.55. The average molecular weight is 195 g/mol. The van der Waals surface area contributed by atoms with Gasteiger partial charge in [-0.05, 0) is 33.1 Å². The predicted molar refractivity (Wildman–Crippen MR) is 57.2 cm³/mol. The predicted octanol–water partition coefficient (Wildman–Crippen LogP) is 2.23. The number of carbonyl (C=O) groups is 1. The van der Waals surface area contributed by atoms with Gasteiger partial charge in [-0.1, -0.05) is 6.92 Å². The number of carbonyl (C=O) groups excluding carboxylic acids is 1. The summed E-state index contributed by atoms with van der Waals surface area (Å²) < 4.78 is 0. The molecular weight excluding hydrogens is 174 g/mol. The molecule has 1 saturated heterocycles. The maximum absolute atomic E-state index is 11.6. The summed E-state index contributed by atoms with van der Waals surface area (Å²) in [7, 11) is 0. The van der Waals surface area contributed by atoms with Gasteiger partial charge in [-0.25, -0.2) is 0 Å². The van der Waals surface area contributed by atoms with E-state index < -0.39 is 0 Å². The van der Waals surface area contributed by atoms with Crippen LogP contribution < -0.4 is 0 Å². The SMILES string of the molecule is CC1C(=O)CCN(C2(C)CCC2)C1C. The van der Waals surface area contributed by atoms with Gasteiger partial charge >= 0.3 is 0 Å². The Morgan fingerprint density at radius 1 is 1.36 bits per heavy atom. The molecular formula is C12H21NO. The standard InChI is InChI=1S/C12H21NO/c1-9-10(2)13(8-5-11(9)14)12(3)6-4-7-12/h9-10H,4-8H2,1-3H3. The summed E-state index contributed by atoms with van der Waals surface area (Å²) in [6.07, 6.45) is 4.76. The molecule has 2 fully saturated rings. The molecule has 0 N–H and O–H groups in total. The van der Waals surface area contributed by atoms with E-state index in [1.807, 2.05) is 0 Å². The highest BCUT2D eigenvalue weighted by Crippen LogP contribution is 2.41. The number of nitrogens with zero attached hydrogens (tertiary/aromatic N) is 1. The quantitative estimate of drug-likeness (QED) is 0.639. The third-order valence-electron chi connectivity index (χ3n) is 4.45. The molecule has 1 aliphatic heterocycles. The second-order valence-electron chi connectivity index (χ2n) is 5.29. The van der Waals surface area contributed by atoms with E-state index in [2.05, 4.69) is 25.7 Å². The number of hydrogen-bond donors (Lipinski definition) is 0. The van der Waals surface area contributed by atoms with Crippen LogP contribution in [0.5, 0.6) is 0 Å². The minimum Gasteiger partial charge on any atom is -0.299 e. The molecule has 2 aliphatic rings. The lowest BCUT2D eigenvalue weighted by molar-refractivity contribution is -0.132. The maximum Gasteiger partial charge on any atom is 0.138 e. The zero-order valence-electron chi connectivity index (χ0n) is 9.55. The minimum absolute atomic E-state index is 0.237. The van der Waals surface area contributed by atoms with Crippen molar-refractivity contribution in [3.63, 3.8) is 0 Å². The molecule has 2 unspecified atom stereocenters. The van der Waals surface area contributed by atoms with E-state index in [1.165, 1.54) is 19.3 Å². The van der Waals surface area contributed by atoms with Crippen molar-refractivity contribution < 1.29 is 4.79 Å². The smallest absolute Gasteiger partial charge is 0.138 e. The molecule has 14 heavy (non-hydrogen) atoms. The highest BCUT2D eigenvalue weighted by molar-refractivity contribution is 5.82. The van der Waals surface area contributed by atoms with E-state index in [1.54, 1.807) is 0 Å². The fraction of sp³-hybridized carbons (Fsp3) is 0.917.